The zero-order valence-corrected chi connectivity index (χ0v) is 11.1. The molecule has 0 radical (unpaired) electrons. The molecule has 0 fully saturated rings. The van der Waals surface area contributed by atoms with E-state index < -0.39 is 0 Å². The van der Waals surface area contributed by atoms with Crippen molar-refractivity contribution >= 4 is 22.9 Å². The number of nitrogen functional groups attached to an aromatic ring is 1. The van der Waals surface area contributed by atoms with Gasteiger partial charge in [-0.3, -0.25) is 4.79 Å². The number of carbonyl (C=O) groups excluding carboxylic acids is 1. The number of anilines is 1. The van der Waals surface area contributed by atoms with E-state index in [0.717, 1.165) is 11.3 Å². The fourth-order valence-electron chi connectivity index (χ4n) is 1.69. The zero-order valence-electron chi connectivity index (χ0n) is 10.3. The van der Waals surface area contributed by atoms with E-state index in [4.69, 9.17) is 5.73 Å². The minimum absolute atomic E-state index is 0.117. The molecule has 0 saturated heterocycles. The Balaban J connectivity index is 1.93. The average Bonchev–Trinajstić information content (AvgIpc) is 2.85. The summed E-state index contributed by atoms with van der Waals surface area (Å²) in [4.78, 5) is 13.8. The predicted octanol–water partition coefficient (Wildman–Crippen LogP) is 2.53. The standard InChI is InChI=1S/C14H16N2OS/c1-16(9-12-6-7-18-10-12)14(17)8-11-2-4-13(15)5-3-11/h2-7,10H,8-9,15H2,1H3. The smallest absolute Gasteiger partial charge is 0.227 e. The van der Waals surface area contributed by atoms with Crippen LogP contribution >= 0.6 is 11.3 Å². The molecule has 1 heterocycles. The maximum atomic E-state index is 12.0. The van der Waals surface area contributed by atoms with Crippen molar-refractivity contribution in [1.82, 2.24) is 4.90 Å². The van der Waals surface area contributed by atoms with Crippen molar-refractivity contribution in [3.05, 3.63) is 52.2 Å². The van der Waals surface area contributed by atoms with Crippen LogP contribution in [-0.2, 0) is 17.8 Å². The first-order valence-corrected chi connectivity index (χ1v) is 6.69. The van der Waals surface area contributed by atoms with Gasteiger partial charge in [0.1, 0.15) is 0 Å². The lowest BCUT2D eigenvalue weighted by atomic mass is 10.1. The third kappa shape index (κ3) is 3.34. The summed E-state index contributed by atoms with van der Waals surface area (Å²) in [5, 5.41) is 4.08. The largest absolute Gasteiger partial charge is 0.399 e. The number of carbonyl (C=O) groups is 1. The number of benzene rings is 1. The molecule has 0 aliphatic carbocycles. The Bertz CT molecular complexity index is 505. The molecule has 0 unspecified atom stereocenters. The Hall–Kier alpha value is -1.81. The minimum Gasteiger partial charge on any atom is -0.399 e. The van der Waals surface area contributed by atoms with E-state index in [2.05, 4.69) is 5.38 Å². The van der Waals surface area contributed by atoms with Crippen LogP contribution in [0.25, 0.3) is 0 Å². The van der Waals surface area contributed by atoms with E-state index >= 15 is 0 Å². The van der Waals surface area contributed by atoms with Crippen molar-refractivity contribution in [1.29, 1.82) is 0 Å². The summed E-state index contributed by atoms with van der Waals surface area (Å²) in [6.45, 7) is 0.664. The molecule has 1 aromatic heterocycles. The first kappa shape index (κ1) is 12.6. The van der Waals surface area contributed by atoms with E-state index in [-0.39, 0.29) is 5.91 Å². The third-order valence-corrected chi connectivity index (χ3v) is 3.49. The van der Waals surface area contributed by atoms with Crippen LogP contribution in [0.1, 0.15) is 11.1 Å². The summed E-state index contributed by atoms with van der Waals surface area (Å²) in [5.74, 6) is 0.117. The first-order valence-electron chi connectivity index (χ1n) is 5.74. The number of rotatable bonds is 4. The molecule has 2 aromatic rings. The van der Waals surface area contributed by atoms with E-state index in [1.165, 1.54) is 5.56 Å². The van der Waals surface area contributed by atoms with E-state index in [0.29, 0.717) is 13.0 Å². The zero-order chi connectivity index (χ0) is 13.0. The van der Waals surface area contributed by atoms with Crippen LogP contribution in [0.4, 0.5) is 5.69 Å². The third-order valence-electron chi connectivity index (χ3n) is 2.76. The molecule has 0 atom stereocenters. The molecule has 2 rings (SSSR count). The van der Waals surface area contributed by atoms with Crippen molar-refractivity contribution in [3.63, 3.8) is 0 Å². The lowest BCUT2D eigenvalue weighted by molar-refractivity contribution is -0.129. The molecule has 18 heavy (non-hydrogen) atoms. The second kappa shape index (κ2) is 5.69. The van der Waals surface area contributed by atoms with Crippen LogP contribution in [0.15, 0.2) is 41.1 Å². The summed E-state index contributed by atoms with van der Waals surface area (Å²) in [6.07, 6.45) is 0.418. The summed E-state index contributed by atoms with van der Waals surface area (Å²) in [7, 11) is 1.83. The van der Waals surface area contributed by atoms with Crippen LogP contribution < -0.4 is 5.73 Å². The predicted molar refractivity (Wildman–Crippen MR) is 75.4 cm³/mol. The van der Waals surface area contributed by atoms with E-state index in [1.807, 2.05) is 42.8 Å². The number of amides is 1. The van der Waals surface area contributed by atoms with Gasteiger partial charge in [0.15, 0.2) is 0 Å². The highest BCUT2D eigenvalue weighted by molar-refractivity contribution is 7.07. The van der Waals surface area contributed by atoms with Crippen molar-refractivity contribution in [2.75, 3.05) is 12.8 Å². The molecule has 2 N–H and O–H groups in total. The molecule has 0 bridgehead atoms. The van der Waals surface area contributed by atoms with E-state index in [1.54, 1.807) is 16.2 Å². The maximum absolute atomic E-state index is 12.0. The Kier molecular flexibility index (Phi) is 3.99. The topological polar surface area (TPSA) is 46.3 Å². The summed E-state index contributed by atoms with van der Waals surface area (Å²) in [6, 6.07) is 9.47. The van der Waals surface area contributed by atoms with Gasteiger partial charge in [0.05, 0.1) is 6.42 Å². The minimum atomic E-state index is 0.117. The van der Waals surface area contributed by atoms with Crippen LogP contribution in [0.5, 0.6) is 0 Å². The lowest BCUT2D eigenvalue weighted by Crippen LogP contribution is -2.27. The number of nitrogens with zero attached hydrogens (tertiary/aromatic N) is 1. The maximum Gasteiger partial charge on any atom is 0.227 e. The molecule has 94 valence electrons. The summed E-state index contributed by atoms with van der Waals surface area (Å²) in [5.41, 5.74) is 8.50. The normalized spacial score (nSPS) is 10.3. The number of thiophene rings is 1. The monoisotopic (exact) mass is 260 g/mol. The quantitative estimate of drug-likeness (QED) is 0.859. The van der Waals surface area contributed by atoms with Crippen LogP contribution in [0.2, 0.25) is 0 Å². The van der Waals surface area contributed by atoms with Crippen molar-refractivity contribution < 1.29 is 4.79 Å². The number of hydrogen-bond acceptors (Lipinski definition) is 3. The Labute approximate surface area is 111 Å². The van der Waals surface area contributed by atoms with Gasteiger partial charge in [0.25, 0.3) is 0 Å². The van der Waals surface area contributed by atoms with Crippen molar-refractivity contribution in [2.45, 2.75) is 13.0 Å². The second-order valence-corrected chi connectivity index (χ2v) is 5.08. The van der Waals surface area contributed by atoms with Crippen molar-refractivity contribution in [2.24, 2.45) is 0 Å². The summed E-state index contributed by atoms with van der Waals surface area (Å²) >= 11 is 1.65. The molecular weight excluding hydrogens is 244 g/mol. The molecule has 0 spiro atoms. The van der Waals surface area contributed by atoms with Gasteiger partial charge in [-0.1, -0.05) is 12.1 Å². The lowest BCUT2D eigenvalue weighted by Gasteiger charge is -2.16. The van der Waals surface area contributed by atoms with Gasteiger partial charge in [-0.25, -0.2) is 0 Å². The SMILES string of the molecule is CN(Cc1ccsc1)C(=O)Cc1ccc(N)cc1. The molecular formula is C14H16N2OS. The van der Waals surface area contributed by atoms with Gasteiger partial charge in [0.2, 0.25) is 5.91 Å². The van der Waals surface area contributed by atoms with Gasteiger partial charge >= 0.3 is 0 Å². The molecule has 3 nitrogen and oxygen atoms in total. The highest BCUT2D eigenvalue weighted by Crippen LogP contribution is 2.11. The molecule has 0 saturated carbocycles. The molecule has 0 aliphatic rings. The highest BCUT2D eigenvalue weighted by Gasteiger charge is 2.10. The molecule has 1 aromatic carbocycles. The number of nitrogens with two attached hydrogens (primary N) is 1. The van der Waals surface area contributed by atoms with Gasteiger partial charge < -0.3 is 10.6 Å². The second-order valence-electron chi connectivity index (χ2n) is 4.30. The molecule has 0 aliphatic heterocycles. The first-order chi connectivity index (χ1) is 8.65. The van der Waals surface area contributed by atoms with Crippen molar-refractivity contribution in [3.8, 4) is 0 Å². The fourth-order valence-corrected chi connectivity index (χ4v) is 2.35. The fraction of sp³-hybridized carbons (Fsp3) is 0.214. The highest BCUT2D eigenvalue weighted by atomic mass is 32.1. The van der Waals surface area contributed by atoms with Gasteiger partial charge in [-0.05, 0) is 40.1 Å². The molecule has 4 heteroatoms. The number of likely N-dealkylation sites (N-methyl/N-ethyl adjacent to an activating group) is 1. The van der Waals surface area contributed by atoms with Crippen LogP contribution in [0, 0.1) is 0 Å². The Morgan fingerprint density at radius 3 is 2.56 bits per heavy atom. The molecule has 1 amide bonds. The number of hydrogen-bond donors (Lipinski definition) is 1. The summed E-state index contributed by atoms with van der Waals surface area (Å²) < 4.78 is 0. The van der Waals surface area contributed by atoms with E-state index in [9.17, 15) is 4.79 Å². The van der Waals surface area contributed by atoms with Gasteiger partial charge in [0, 0.05) is 19.3 Å². The Morgan fingerprint density at radius 2 is 1.94 bits per heavy atom. The van der Waals surface area contributed by atoms with Crippen LogP contribution in [0.3, 0.4) is 0 Å². The van der Waals surface area contributed by atoms with Crippen LogP contribution in [-0.4, -0.2) is 17.9 Å². The Morgan fingerprint density at radius 1 is 1.22 bits per heavy atom. The average molecular weight is 260 g/mol. The van der Waals surface area contributed by atoms with Gasteiger partial charge in [-0.2, -0.15) is 11.3 Å². The van der Waals surface area contributed by atoms with Gasteiger partial charge in [-0.15, -0.1) is 0 Å².